The zero-order valence-corrected chi connectivity index (χ0v) is 12.0. The van der Waals surface area contributed by atoms with E-state index < -0.39 is 4.92 Å². The Kier molecular flexibility index (Phi) is 5.25. The Hall–Kier alpha value is -0.980. The van der Waals surface area contributed by atoms with Gasteiger partial charge in [0, 0.05) is 31.2 Å². The molecule has 0 amide bonds. The van der Waals surface area contributed by atoms with E-state index in [0.717, 1.165) is 5.56 Å². The van der Waals surface area contributed by atoms with E-state index in [9.17, 15) is 10.1 Å². The Morgan fingerprint density at radius 2 is 2.17 bits per heavy atom. The lowest BCUT2D eigenvalue weighted by Gasteiger charge is -2.21. The van der Waals surface area contributed by atoms with E-state index in [-0.39, 0.29) is 17.7 Å². The lowest BCUT2D eigenvalue weighted by Crippen LogP contribution is -2.31. The van der Waals surface area contributed by atoms with Gasteiger partial charge in [-0.2, -0.15) is 0 Å². The minimum Gasteiger partial charge on any atom is -0.396 e. The smallest absolute Gasteiger partial charge is 0.283 e. The highest BCUT2D eigenvalue weighted by molar-refractivity contribution is 9.10. The van der Waals surface area contributed by atoms with Gasteiger partial charge in [0.1, 0.15) is 0 Å². The number of hydrogen-bond donors (Lipinski definition) is 2. The summed E-state index contributed by atoms with van der Waals surface area (Å²) < 4.78 is 0.479. The van der Waals surface area contributed by atoms with Gasteiger partial charge in [0.05, 0.1) is 9.40 Å². The molecule has 0 unspecified atom stereocenters. The molecule has 0 saturated heterocycles. The predicted octanol–water partition coefficient (Wildman–Crippen LogP) is 2.47. The fourth-order valence-electron chi connectivity index (χ4n) is 1.41. The van der Waals surface area contributed by atoms with E-state index in [2.05, 4.69) is 21.2 Å². The highest BCUT2D eigenvalue weighted by Gasteiger charge is 2.16. The first-order valence-corrected chi connectivity index (χ1v) is 6.39. The van der Waals surface area contributed by atoms with Crippen molar-refractivity contribution in [2.45, 2.75) is 20.4 Å². The van der Waals surface area contributed by atoms with Crippen molar-refractivity contribution in [3.8, 4) is 0 Å². The second kappa shape index (κ2) is 6.26. The summed E-state index contributed by atoms with van der Waals surface area (Å²) in [5.74, 6) is 0. The highest BCUT2D eigenvalue weighted by Crippen LogP contribution is 2.25. The standard InChI is InChI=1S/C12H17BrN2O3/c1-12(2,8-16)7-14-6-9-3-4-10(13)11(5-9)15(17)18/h3-5,14,16H,6-8H2,1-2H3. The first-order chi connectivity index (χ1) is 8.35. The van der Waals surface area contributed by atoms with Crippen molar-refractivity contribution in [3.63, 3.8) is 0 Å². The largest absolute Gasteiger partial charge is 0.396 e. The number of nitro groups is 1. The third kappa shape index (κ3) is 4.36. The van der Waals surface area contributed by atoms with Crippen molar-refractivity contribution in [2.75, 3.05) is 13.2 Å². The fraction of sp³-hybridized carbons (Fsp3) is 0.500. The molecule has 0 bridgehead atoms. The van der Waals surface area contributed by atoms with Crippen LogP contribution in [0.2, 0.25) is 0 Å². The van der Waals surface area contributed by atoms with E-state index >= 15 is 0 Å². The summed E-state index contributed by atoms with van der Waals surface area (Å²) >= 11 is 3.15. The van der Waals surface area contributed by atoms with E-state index in [1.54, 1.807) is 12.1 Å². The van der Waals surface area contributed by atoms with Gasteiger partial charge >= 0.3 is 0 Å². The molecule has 18 heavy (non-hydrogen) atoms. The average molecular weight is 317 g/mol. The van der Waals surface area contributed by atoms with Crippen molar-refractivity contribution < 1.29 is 10.0 Å². The quantitative estimate of drug-likeness (QED) is 0.624. The van der Waals surface area contributed by atoms with Gasteiger partial charge in [-0.1, -0.05) is 19.9 Å². The predicted molar refractivity (Wildman–Crippen MR) is 73.4 cm³/mol. The highest BCUT2D eigenvalue weighted by atomic mass is 79.9. The summed E-state index contributed by atoms with van der Waals surface area (Å²) in [5, 5.41) is 23.1. The fourth-order valence-corrected chi connectivity index (χ4v) is 1.80. The normalized spacial score (nSPS) is 11.6. The Morgan fingerprint density at radius 1 is 1.50 bits per heavy atom. The number of nitrogens with zero attached hydrogens (tertiary/aromatic N) is 1. The molecule has 0 heterocycles. The number of nitro benzene ring substituents is 1. The zero-order chi connectivity index (χ0) is 13.8. The number of aliphatic hydroxyl groups is 1. The third-order valence-electron chi connectivity index (χ3n) is 2.57. The third-order valence-corrected chi connectivity index (χ3v) is 3.24. The number of aliphatic hydroxyl groups excluding tert-OH is 1. The number of benzene rings is 1. The second-order valence-corrected chi connectivity index (χ2v) is 5.82. The monoisotopic (exact) mass is 316 g/mol. The maximum absolute atomic E-state index is 10.8. The van der Waals surface area contributed by atoms with Gasteiger partial charge in [-0.25, -0.2) is 0 Å². The maximum Gasteiger partial charge on any atom is 0.283 e. The van der Waals surface area contributed by atoms with Crippen molar-refractivity contribution >= 4 is 21.6 Å². The molecule has 1 aromatic rings. The van der Waals surface area contributed by atoms with Crippen LogP contribution in [0.5, 0.6) is 0 Å². The molecule has 1 aromatic carbocycles. The molecule has 0 saturated carbocycles. The van der Waals surface area contributed by atoms with E-state index in [1.165, 1.54) is 0 Å². The van der Waals surface area contributed by atoms with Gasteiger partial charge in [0.15, 0.2) is 0 Å². The molecule has 0 radical (unpaired) electrons. The van der Waals surface area contributed by atoms with Crippen LogP contribution in [0.25, 0.3) is 0 Å². The summed E-state index contributed by atoms with van der Waals surface area (Å²) in [6, 6.07) is 5.05. The molecular weight excluding hydrogens is 300 g/mol. The van der Waals surface area contributed by atoms with Crippen molar-refractivity contribution in [2.24, 2.45) is 5.41 Å². The zero-order valence-electron chi connectivity index (χ0n) is 10.4. The van der Waals surface area contributed by atoms with Crippen molar-refractivity contribution in [3.05, 3.63) is 38.3 Å². The molecule has 1 rings (SSSR count). The summed E-state index contributed by atoms with van der Waals surface area (Å²) in [6.07, 6.45) is 0. The average Bonchev–Trinajstić information content (AvgIpc) is 2.31. The Labute approximate surface area is 114 Å². The number of nitrogens with one attached hydrogen (secondary N) is 1. The number of hydrogen-bond acceptors (Lipinski definition) is 4. The van der Waals surface area contributed by atoms with Crippen LogP contribution in [-0.2, 0) is 6.54 Å². The molecule has 2 N–H and O–H groups in total. The second-order valence-electron chi connectivity index (χ2n) is 4.97. The molecule has 6 heteroatoms. The molecule has 0 aliphatic rings. The van der Waals surface area contributed by atoms with Crippen LogP contribution in [0.4, 0.5) is 5.69 Å². The van der Waals surface area contributed by atoms with Crippen LogP contribution in [0.3, 0.4) is 0 Å². The van der Waals surface area contributed by atoms with Crippen LogP contribution in [0.1, 0.15) is 19.4 Å². The van der Waals surface area contributed by atoms with Gasteiger partial charge in [0.25, 0.3) is 5.69 Å². The van der Waals surface area contributed by atoms with E-state index in [1.807, 2.05) is 19.9 Å². The molecule has 0 spiro atoms. The molecule has 0 fully saturated rings. The minimum atomic E-state index is -0.411. The summed E-state index contributed by atoms with van der Waals surface area (Å²) in [7, 11) is 0. The van der Waals surface area contributed by atoms with Crippen LogP contribution in [-0.4, -0.2) is 23.2 Å². The number of halogens is 1. The summed E-state index contributed by atoms with van der Waals surface area (Å²) in [6.45, 7) is 5.18. The van der Waals surface area contributed by atoms with Crippen molar-refractivity contribution in [1.29, 1.82) is 0 Å². The molecule has 0 aliphatic carbocycles. The van der Waals surface area contributed by atoms with Gasteiger partial charge in [-0.05, 0) is 27.6 Å². The van der Waals surface area contributed by atoms with Gasteiger partial charge < -0.3 is 10.4 Å². The Bertz CT molecular complexity index is 435. The summed E-state index contributed by atoms with van der Waals surface area (Å²) in [4.78, 5) is 10.4. The van der Waals surface area contributed by atoms with Crippen molar-refractivity contribution in [1.82, 2.24) is 5.32 Å². The van der Waals surface area contributed by atoms with E-state index in [4.69, 9.17) is 5.11 Å². The Balaban J connectivity index is 2.64. The van der Waals surface area contributed by atoms with Gasteiger partial charge in [-0.15, -0.1) is 0 Å². The lowest BCUT2D eigenvalue weighted by molar-refractivity contribution is -0.385. The molecule has 0 atom stereocenters. The van der Waals surface area contributed by atoms with Crippen LogP contribution < -0.4 is 5.32 Å². The molecule has 100 valence electrons. The van der Waals surface area contributed by atoms with Crippen LogP contribution in [0.15, 0.2) is 22.7 Å². The summed E-state index contributed by atoms with van der Waals surface area (Å²) in [5.41, 5.74) is 0.718. The topological polar surface area (TPSA) is 75.4 Å². The molecule has 0 aliphatic heterocycles. The van der Waals surface area contributed by atoms with Gasteiger partial charge in [0.2, 0.25) is 0 Å². The Morgan fingerprint density at radius 3 is 2.72 bits per heavy atom. The molecule has 0 aromatic heterocycles. The van der Waals surface area contributed by atoms with Gasteiger partial charge in [-0.3, -0.25) is 10.1 Å². The minimum absolute atomic E-state index is 0.0655. The molecule has 5 nitrogen and oxygen atoms in total. The van der Waals surface area contributed by atoms with Crippen LogP contribution >= 0.6 is 15.9 Å². The SMILES string of the molecule is CC(C)(CO)CNCc1ccc(Br)c([N+](=O)[O-])c1. The first-order valence-electron chi connectivity index (χ1n) is 5.60. The first kappa shape index (κ1) is 15.1. The number of rotatable bonds is 6. The molecular formula is C12H17BrN2O3. The van der Waals surface area contributed by atoms with Crippen LogP contribution in [0, 0.1) is 15.5 Å². The lowest BCUT2D eigenvalue weighted by atomic mass is 9.95. The maximum atomic E-state index is 10.8. The van der Waals surface area contributed by atoms with E-state index in [0.29, 0.717) is 17.6 Å².